The first-order chi connectivity index (χ1) is 16.0. The van der Waals surface area contributed by atoms with Gasteiger partial charge in [0.2, 0.25) is 10.0 Å². The van der Waals surface area contributed by atoms with E-state index >= 15 is 0 Å². The lowest BCUT2D eigenvalue weighted by atomic mass is 10.1. The molecule has 2 heterocycles. The Balaban J connectivity index is 1.56. The minimum absolute atomic E-state index is 0.00341. The van der Waals surface area contributed by atoms with Crippen molar-refractivity contribution < 1.29 is 27.1 Å². The van der Waals surface area contributed by atoms with Crippen molar-refractivity contribution in [3.05, 3.63) is 74.6 Å². The van der Waals surface area contributed by atoms with Gasteiger partial charge in [-0.1, -0.05) is 17.7 Å². The van der Waals surface area contributed by atoms with Crippen LogP contribution in [0.2, 0.25) is 5.02 Å². The summed E-state index contributed by atoms with van der Waals surface area (Å²) in [5.74, 6) is -0.722. The van der Waals surface area contributed by atoms with E-state index in [-0.39, 0.29) is 42.4 Å². The van der Waals surface area contributed by atoms with Gasteiger partial charge in [0.1, 0.15) is 12.2 Å². The number of nitrogens with zero attached hydrogens (tertiary/aromatic N) is 1. The predicted octanol–water partition coefficient (Wildman–Crippen LogP) is 3.91. The summed E-state index contributed by atoms with van der Waals surface area (Å²) in [6.45, 7) is 5.66. The lowest BCUT2D eigenvalue weighted by Gasteiger charge is -2.34. The number of halogens is 1. The first kappa shape index (κ1) is 24.4. The summed E-state index contributed by atoms with van der Waals surface area (Å²) in [5, 5.41) is 1.04. The van der Waals surface area contributed by atoms with E-state index in [1.165, 1.54) is 34.6 Å². The van der Waals surface area contributed by atoms with Crippen LogP contribution in [0.3, 0.4) is 0 Å². The molecule has 8 nitrogen and oxygen atoms in total. The molecule has 2 atom stereocenters. The zero-order valence-electron chi connectivity index (χ0n) is 18.9. The third-order valence-corrected chi connectivity index (χ3v) is 7.80. The zero-order valence-corrected chi connectivity index (χ0v) is 20.5. The Morgan fingerprint density at radius 3 is 2.56 bits per heavy atom. The monoisotopic (exact) mass is 505 g/mol. The van der Waals surface area contributed by atoms with Crippen LogP contribution in [0.1, 0.15) is 35.3 Å². The Hall–Kier alpha value is -2.72. The summed E-state index contributed by atoms with van der Waals surface area (Å²) in [6.07, 6.45) is -0.468. The highest BCUT2D eigenvalue weighted by Gasteiger charge is 2.32. The summed E-state index contributed by atoms with van der Waals surface area (Å²) >= 11 is 6.20. The van der Waals surface area contributed by atoms with Gasteiger partial charge in [0.15, 0.2) is 0 Å². The molecule has 34 heavy (non-hydrogen) atoms. The number of esters is 1. The first-order valence-electron chi connectivity index (χ1n) is 10.7. The molecule has 0 radical (unpaired) electrons. The van der Waals surface area contributed by atoms with E-state index in [0.717, 1.165) is 5.56 Å². The predicted molar refractivity (Wildman–Crippen MR) is 127 cm³/mol. The molecule has 4 rings (SSSR count). The van der Waals surface area contributed by atoms with Crippen molar-refractivity contribution in [3.63, 3.8) is 0 Å². The van der Waals surface area contributed by atoms with Crippen molar-refractivity contribution in [2.75, 3.05) is 13.1 Å². The molecule has 1 aliphatic heterocycles. The van der Waals surface area contributed by atoms with Gasteiger partial charge in [-0.15, -0.1) is 0 Å². The SMILES string of the molecule is Cc1cc2oc(=O)cc(COC(=O)c3cccc(S(=O)(=O)N4C[C@@H](C)O[C@@H](C)C4)c3)c2cc1Cl. The Morgan fingerprint density at radius 1 is 1.15 bits per heavy atom. The first-order valence-corrected chi connectivity index (χ1v) is 12.5. The number of morpholine rings is 1. The molecule has 0 N–H and O–H groups in total. The van der Waals surface area contributed by atoms with Crippen molar-refractivity contribution >= 4 is 38.6 Å². The van der Waals surface area contributed by atoms with Crippen LogP contribution in [0.4, 0.5) is 0 Å². The Bertz CT molecular complexity index is 1410. The summed E-state index contributed by atoms with van der Waals surface area (Å²) in [4.78, 5) is 24.7. The van der Waals surface area contributed by atoms with E-state index in [2.05, 4.69) is 0 Å². The molecule has 0 amide bonds. The number of carbonyl (C=O) groups excluding carboxylic acids is 1. The molecule has 0 unspecified atom stereocenters. The Morgan fingerprint density at radius 2 is 1.85 bits per heavy atom. The molecule has 0 aliphatic carbocycles. The van der Waals surface area contributed by atoms with Crippen LogP contribution in [0.15, 0.2) is 56.6 Å². The van der Waals surface area contributed by atoms with E-state index in [1.54, 1.807) is 19.1 Å². The summed E-state index contributed by atoms with van der Waals surface area (Å²) in [5.41, 5.74) is 1.01. The fourth-order valence-electron chi connectivity index (χ4n) is 3.95. The van der Waals surface area contributed by atoms with Gasteiger partial charge in [-0.05, 0) is 56.7 Å². The second-order valence-electron chi connectivity index (χ2n) is 8.37. The molecule has 1 saturated heterocycles. The Kier molecular flexibility index (Phi) is 6.82. The molecule has 1 fully saturated rings. The largest absolute Gasteiger partial charge is 0.457 e. The maximum absolute atomic E-state index is 13.1. The average molecular weight is 506 g/mol. The highest BCUT2D eigenvalue weighted by atomic mass is 35.5. The van der Waals surface area contributed by atoms with E-state index in [4.69, 9.17) is 25.5 Å². The minimum Gasteiger partial charge on any atom is -0.457 e. The van der Waals surface area contributed by atoms with Crippen molar-refractivity contribution in [1.29, 1.82) is 0 Å². The quantitative estimate of drug-likeness (QED) is 0.382. The van der Waals surface area contributed by atoms with Crippen LogP contribution in [0, 0.1) is 6.92 Å². The van der Waals surface area contributed by atoms with Crippen molar-refractivity contribution in [2.45, 2.75) is 44.5 Å². The topological polar surface area (TPSA) is 103 Å². The smallest absolute Gasteiger partial charge is 0.338 e. The molecule has 2 aromatic carbocycles. The van der Waals surface area contributed by atoms with Crippen LogP contribution in [-0.2, 0) is 26.1 Å². The molecular formula is C24H24ClNO7S. The second kappa shape index (κ2) is 9.50. The highest BCUT2D eigenvalue weighted by molar-refractivity contribution is 7.89. The van der Waals surface area contributed by atoms with Gasteiger partial charge in [0.05, 0.1) is 22.7 Å². The number of aryl methyl sites for hydroxylation is 1. The highest BCUT2D eigenvalue weighted by Crippen LogP contribution is 2.26. The number of ether oxygens (including phenoxy) is 2. The van der Waals surface area contributed by atoms with Crippen LogP contribution in [-0.4, -0.2) is 44.0 Å². The number of benzene rings is 2. The molecule has 180 valence electrons. The van der Waals surface area contributed by atoms with Gasteiger partial charge in [-0.2, -0.15) is 4.31 Å². The molecule has 3 aromatic rings. The fraction of sp³-hybridized carbons (Fsp3) is 0.333. The van der Waals surface area contributed by atoms with E-state index < -0.39 is 21.6 Å². The van der Waals surface area contributed by atoms with Gasteiger partial charge < -0.3 is 13.9 Å². The minimum atomic E-state index is -3.82. The van der Waals surface area contributed by atoms with Gasteiger partial charge in [0.25, 0.3) is 0 Å². The summed E-state index contributed by atoms with van der Waals surface area (Å²) < 4.78 is 43.9. The molecule has 1 aromatic heterocycles. The normalized spacial score (nSPS) is 19.3. The van der Waals surface area contributed by atoms with Gasteiger partial charge in [-0.25, -0.2) is 18.0 Å². The number of rotatable bonds is 5. The molecule has 1 aliphatic rings. The molecule has 0 spiro atoms. The third kappa shape index (κ3) is 5.02. The molecular weight excluding hydrogens is 482 g/mol. The van der Waals surface area contributed by atoms with Crippen LogP contribution >= 0.6 is 11.6 Å². The zero-order chi connectivity index (χ0) is 24.6. The second-order valence-corrected chi connectivity index (χ2v) is 10.7. The van der Waals surface area contributed by atoms with Gasteiger partial charge in [-0.3, -0.25) is 0 Å². The van der Waals surface area contributed by atoms with Crippen molar-refractivity contribution in [2.24, 2.45) is 0 Å². The molecule has 0 saturated carbocycles. The van der Waals surface area contributed by atoms with Crippen molar-refractivity contribution in [1.82, 2.24) is 4.31 Å². The van der Waals surface area contributed by atoms with Crippen LogP contribution in [0.5, 0.6) is 0 Å². The lowest BCUT2D eigenvalue weighted by Crippen LogP contribution is -2.48. The van der Waals surface area contributed by atoms with E-state index in [1.807, 2.05) is 13.8 Å². The Labute approximate surface area is 202 Å². The maximum Gasteiger partial charge on any atom is 0.338 e. The number of carbonyl (C=O) groups is 1. The van der Waals surface area contributed by atoms with E-state index in [9.17, 15) is 18.0 Å². The van der Waals surface area contributed by atoms with Crippen LogP contribution in [0.25, 0.3) is 11.0 Å². The standard InChI is InChI=1S/C24H24ClNO7S/c1-14-7-22-20(10-21(14)25)18(9-23(27)33-22)13-31-24(28)17-5-4-6-19(8-17)34(29,30)26-11-15(2)32-16(3)12-26/h4-10,15-16H,11-13H2,1-3H3/t15-,16+. The molecule has 10 heteroatoms. The molecule has 0 bridgehead atoms. The number of sulfonamides is 1. The summed E-state index contributed by atoms with van der Waals surface area (Å²) in [6, 6.07) is 10.2. The number of hydrogen-bond donors (Lipinski definition) is 0. The maximum atomic E-state index is 13.1. The number of hydrogen-bond acceptors (Lipinski definition) is 7. The average Bonchev–Trinajstić information content (AvgIpc) is 2.78. The summed E-state index contributed by atoms with van der Waals surface area (Å²) in [7, 11) is -3.82. The van der Waals surface area contributed by atoms with Crippen molar-refractivity contribution in [3.8, 4) is 0 Å². The lowest BCUT2D eigenvalue weighted by molar-refractivity contribution is -0.0440. The third-order valence-electron chi connectivity index (χ3n) is 5.56. The van der Waals surface area contributed by atoms with E-state index in [0.29, 0.717) is 21.6 Å². The van der Waals surface area contributed by atoms with Gasteiger partial charge >= 0.3 is 11.6 Å². The van der Waals surface area contributed by atoms with Crippen LogP contribution < -0.4 is 5.63 Å². The van der Waals surface area contributed by atoms with Gasteiger partial charge in [0, 0.05) is 35.1 Å². The fourth-order valence-corrected chi connectivity index (χ4v) is 5.75. The number of fused-ring (bicyclic) bond motifs is 1.